The maximum Gasteiger partial charge on any atom is 0.250 e. The Morgan fingerprint density at radius 1 is 0.940 bits per heavy atom. The third kappa shape index (κ3) is 5.80. The predicted molar refractivity (Wildman–Crippen MR) is 187 cm³/mol. The van der Waals surface area contributed by atoms with Gasteiger partial charge < -0.3 is 24.5 Å². The molecule has 4 heterocycles. The fourth-order valence-electron chi connectivity index (χ4n) is 8.31. The van der Waals surface area contributed by atoms with Gasteiger partial charge in [0.25, 0.3) is 0 Å². The van der Waals surface area contributed by atoms with Crippen molar-refractivity contribution in [2.45, 2.75) is 56.3 Å². The Bertz CT molecular complexity index is 1880. The predicted octanol–water partition coefficient (Wildman–Crippen LogP) is 3.60. The van der Waals surface area contributed by atoms with Crippen molar-refractivity contribution in [1.82, 2.24) is 29.7 Å². The number of carbonyl (C=O) groups is 3. The van der Waals surface area contributed by atoms with Crippen LogP contribution < -0.4 is 0 Å². The van der Waals surface area contributed by atoms with Crippen molar-refractivity contribution in [3.05, 3.63) is 121 Å². The molecule has 0 radical (unpaired) electrons. The summed E-state index contributed by atoms with van der Waals surface area (Å²) in [4.78, 5) is 49.4. The molecule has 3 amide bonds. The summed E-state index contributed by atoms with van der Waals surface area (Å²) in [5.41, 5.74) is 2.07. The minimum Gasteiger partial charge on any atom is -0.394 e. The Kier molecular flexibility index (Phi) is 9.35. The lowest BCUT2D eigenvalue weighted by molar-refractivity contribution is -0.153. The van der Waals surface area contributed by atoms with Crippen molar-refractivity contribution >= 4 is 28.8 Å². The number of benzene rings is 3. The number of aliphatic hydroxyl groups excluding tert-OH is 1. The van der Waals surface area contributed by atoms with Gasteiger partial charge in [-0.25, -0.2) is 4.68 Å². The lowest BCUT2D eigenvalue weighted by Crippen LogP contribution is -2.59. The number of para-hydroxylation sites is 1. The zero-order chi connectivity index (χ0) is 34.8. The van der Waals surface area contributed by atoms with Crippen LogP contribution in [0.1, 0.15) is 24.0 Å². The van der Waals surface area contributed by atoms with E-state index in [0.29, 0.717) is 37.9 Å². The normalized spacial score (nSPS) is 24.3. The second kappa shape index (κ2) is 14.0. The van der Waals surface area contributed by atoms with Gasteiger partial charge in [0.05, 0.1) is 36.1 Å². The van der Waals surface area contributed by atoms with E-state index in [0.717, 1.165) is 16.6 Å². The Hall–Kier alpha value is -5.13. The van der Waals surface area contributed by atoms with Crippen LogP contribution in [0, 0.1) is 11.8 Å². The molecule has 2 bridgehead atoms. The van der Waals surface area contributed by atoms with Gasteiger partial charge in [-0.15, -0.1) is 18.3 Å². The molecule has 11 heteroatoms. The highest BCUT2D eigenvalue weighted by atomic mass is 16.5. The molecular formula is C39H42N6O5. The van der Waals surface area contributed by atoms with Crippen LogP contribution in [0.5, 0.6) is 0 Å². The van der Waals surface area contributed by atoms with E-state index in [1.165, 1.54) is 4.90 Å². The molecule has 2 unspecified atom stereocenters. The van der Waals surface area contributed by atoms with E-state index in [-0.39, 0.29) is 37.5 Å². The van der Waals surface area contributed by atoms with Crippen LogP contribution in [0.4, 0.5) is 0 Å². The monoisotopic (exact) mass is 674 g/mol. The molecule has 11 nitrogen and oxygen atoms in total. The van der Waals surface area contributed by atoms with E-state index in [1.807, 2.05) is 84.9 Å². The van der Waals surface area contributed by atoms with Crippen LogP contribution in [-0.4, -0.2) is 96.0 Å². The summed E-state index contributed by atoms with van der Waals surface area (Å²) < 4.78 is 8.43. The summed E-state index contributed by atoms with van der Waals surface area (Å²) in [5.74, 6) is -2.58. The molecule has 3 saturated heterocycles. The van der Waals surface area contributed by atoms with E-state index in [2.05, 4.69) is 23.5 Å². The molecule has 1 aromatic heterocycles. The smallest absolute Gasteiger partial charge is 0.250 e. The van der Waals surface area contributed by atoms with Crippen molar-refractivity contribution in [2.75, 3.05) is 19.7 Å². The number of hydrogen-bond donors (Lipinski definition) is 1. The third-order valence-corrected chi connectivity index (χ3v) is 10.4. The maximum absolute atomic E-state index is 15.1. The first-order chi connectivity index (χ1) is 24.4. The third-order valence-electron chi connectivity index (χ3n) is 10.4. The zero-order valence-electron chi connectivity index (χ0n) is 28.0. The first-order valence-corrected chi connectivity index (χ1v) is 17.2. The van der Waals surface area contributed by atoms with Gasteiger partial charge in [0.2, 0.25) is 17.7 Å². The summed E-state index contributed by atoms with van der Waals surface area (Å²) in [6.45, 7) is 8.30. The van der Waals surface area contributed by atoms with Gasteiger partial charge in [0.1, 0.15) is 23.8 Å². The Labute approximate surface area is 291 Å². The van der Waals surface area contributed by atoms with E-state index in [4.69, 9.17) is 4.74 Å². The van der Waals surface area contributed by atoms with E-state index in [1.54, 1.807) is 26.6 Å². The molecule has 7 rings (SSSR count). The second-order valence-corrected chi connectivity index (χ2v) is 13.4. The number of ether oxygens (including phenoxy) is 1. The Balaban J connectivity index is 1.28. The number of likely N-dealkylation sites (tertiary alicyclic amines) is 1. The number of aromatic nitrogens is 3. The number of nitrogens with zero attached hydrogens (tertiary/aromatic N) is 6. The van der Waals surface area contributed by atoms with Crippen molar-refractivity contribution < 1.29 is 24.2 Å². The molecule has 0 aliphatic carbocycles. The number of fused-ring (bicyclic) bond motifs is 2. The standard InChI is InChI=1S/C39H42N6O5/c1-3-21-42(24-28-15-9-6-10-16-28)36(47)33-32-19-20-39(50-32)34(33)37(48)45(29(25-46)23-27-13-7-5-8-14-27)35(39)38(49)43(22-4-2)26-44-31-18-12-11-17-30(31)40-41-44/h3-18,29,32-35,46H,1-2,19-26H2/t29-,32+,33-,34+,35?,39?/m1/s1. The zero-order valence-corrected chi connectivity index (χ0v) is 28.0. The number of carbonyl (C=O) groups excluding carboxylic acids is 3. The van der Waals surface area contributed by atoms with Crippen molar-refractivity contribution in [3.63, 3.8) is 0 Å². The lowest BCUT2D eigenvalue weighted by atomic mass is 9.70. The van der Waals surface area contributed by atoms with Gasteiger partial charge in [-0.05, 0) is 42.5 Å². The summed E-state index contributed by atoms with van der Waals surface area (Å²) in [5, 5.41) is 19.5. The molecule has 1 spiro atoms. The summed E-state index contributed by atoms with van der Waals surface area (Å²) >= 11 is 0. The average Bonchev–Trinajstić information content (AvgIpc) is 3.90. The molecule has 0 saturated carbocycles. The quantitative estimate of drug-likeness (QED) is 0.203. The van der Waals surface area contributed by atoms with Crippen LogP contribution >= 0.6 is 0 Å². The summed E-state index contributed by atoms with van der Waals surface area (Å²) in [6.07, 6.45) is 4.08. The van der Waals surface area contributed by atoms with Crippen LogP contribution in [0.3, 0.4) is 0 Å². The lowest BCUT2D eigenvalue weighted by Gasteiger charge is -2.39. The number of hydrogen-bond acceptors (Lipinski definition) is 7. The number of amides is 3. The molecule has 3 aromatic carbocycles. The van der Waals surface area contributed by atoms with Gasteiger partial charge in [-0.2, -0.15) is 0 Å². The molecule has 6 atom stereocenters. The van der Waals surface area contributed by atoms with Crippen LogP contribution in [0.25, 0.3) is 11.0 Å². The second-order valence-electron chi connectivity index (χ2n) is 13.4. The number of rotatable bonds is 14. The highest BCUT2D eigenvalue weighted by molar-refractivity contribution is 5.99. The largest absolute Gasteiger partial charge is 0.394 e. The molecule has 3 aliphatic heterocycles. The Morgan fingerprint density at radius 3 is 2.30 bits per heavy atom. The van der Waals surface area contributed by atoms with Crippen LogP contribution in [-0.2, 0) is 38.8 Å². The highest BCUT2D eigenvalue weighted by Crippen LogP contribution is 2.59. The van der Waals surface area contributed by atoms with Gasteiger partial charge in [0, 0.05) is 19.6 Å². The molecule has 3 fully saturated rings. The van der Waals surface area contributed by atoms with Crippen molar-refractivity contribution in [1.29, 1.82) is 0 Å². The minimum absolute atomic E-state index is 0.0586. The molecule has 50 heavy (non-hydrogen) atoms. The van der Waals surface area contributed by atoms with Crippen LogP contribution in [0.15, 0.2) is 110 Å². The Morgan fingerprint density at radius 2 is 1.60 bits per heavy atom. The first kappa shape index (κ1) is 33.4. The fourth-order valence-corrected chi connectivity index (χ4v) is 8.31. The van der Waals surface area contributed by atoms with Gasteiger partial charge in [-0.3, -0.25) is 14.4 Å². The molecular weight excluding hydrogens is 632 g/mol. The van der Waals surface area contributed by atoms with Crippen molar-refractivity contribution in [2.24, 2.45) is 11.8 Å². The first-order valence-electron chi connectivity index (χ1n) is 17.2. The highest BCUT2D eigenvalue weighted by Gasteiger charge is 2.75. The molecule has 1 N–H and O–H groups in total. The van der Waals surface area contributed by atoms with Gasteiger partial charge >= 0.3 is 0 Å². The van der Waals surface area contributed by atoms with Crippen LogP contribution in [0.2, 0.25) is 0 Å². The summed E-state index contributed by atoms with van der Waals surface area (Å²) in [6, 6.07) is 25.0. The SMILES string of the molecule is C=CCN(Cn1nnc2ccccc21)C(=O)C1N([C@@H](CO)Cc2ccccc2)C(=O)[C@@H]2[C@H](C(=O)N(CC=C)Cc3ccccc3)[C@@H]3CCC12O3. The molecule has 258 valence electrons. The van der Waals surface area contributed by atoms with E-state index in [9.17, 15) is 14.7 Å². The fraction of sp³-hybridized carbons (Fsp3) is 0.359. The average molecular weight is 675 g/mol. The topological polar surface area (TPSA) is 121 Å². The van der Waals surface area contributed by atoms with Gasteiger partial charge in [-0.1, -0.05) is 90.2 Å². The van der Waals surface area contributed by atoms with Crippen molar-refractivity contribution in [3.8, 4) is 0 Å². The van der Waals surface area contributed by atoms with E-state index >= 15 is 4.79 Å². The minimum atomic E-state index is -1.25. The molecule has 3 aliphatic rings. The maximum atomic E-state index is 15.1. The summed E-state index contributed by atoms with van der Waals surface area (Å²) in [7, 11) is 0. The van der Waals surface area contributed by atoms with Gasteiger partial charge in [0.15, 0.2) is 0 Å². The number of aliphatic hydroxyl groups is 1. The van der Waals surface area contributed by atoms with E-state index < -0.39 is 35.6 Å². The molecule has 4 aromatic rings.